The Hall–Kier alpha value is -4.30. The van der Waals surface area contributed by atoms with E-state index in [0.29, 0.717) is 5.52 Å². The fraction of sp³-hybridized carbons (Fsp3) is 0.0400. The van der Waals surface area contributed by atoms with Gasteiger partial charge in [0.05, 0.1) is 33.6 Å². The minimum Gasteiger partial charge on any atom is -0.497 e. The van der Waals surface area contributed by atoms with Crippen molar-refractivity contribution in [1.82, 2.24) is 14.8 Å². The molecule has 0 spiro atoms. The van der Waals surface area contributed by atoms with Crippen LogP contribution in [0.3, 0.4) is 0 Å². The highest BCUT2D eigenvalue weighted by atomic mass is 32.1. The Morgan fingerprint density at radius 1 is 1.03 bits per heavy atom. The van der Waals surface area contributed by atoms with E-state index in [1.807, 2.05) is 77.6 Å². The van der Waals surface area contributed by atoms with Gasteiger partial charge in [-0.15, -0.1) is 11.3 Å². The summed E-state index contributed by atoms with van der Waals surface area (Å²) in [4.78, 5) is 15.2. The number of ether oxygens (including phenoxy) is 1. The van der Waals surface area contributed by atoms with Gasteiger partial charge in [0.2, 0.25) is 0 Å². The second-order valence-corrected chi connectivity index (χ2v) is 8.30. The number of nitrogens with zero attached hydrogens (tertiary/aromatic N) is 4. The number of methoxy groups -OCH3 is 1. The van der Waals surface area contributed by atoms with Gasteiger partial charge in [0, 0.05) is 29.5 Å². The van der Waals surface area contributed by atoms with E-state index in [1.54, 1.807) is 13.2 Å². The van der Waals surface area contributed by atoms with E-state index in [1.165, 1.54) is 23.5 Å². The lowest BCUT2D eigenvalue weighted by Gasteiger charge is -2.02. The number of para-hydroxylation sites is 1. The molecular weight excluding hydrogens is 436 g/mol. The number of hydrogen-bond donors (Lipinski definition) is 0. The lowest BCUT2D eigenvalue weighted by molar-refractivity contribution is -0.384. The first-order valence-electron chi connectivity index (χ1n) is 10.1. The molecule has 0 aliphatic rings. The Kier molecular flexibility index (Phi) is 5.42. The zero-order chi connectivity index (χ0) is 22.8. The monoisotopic (exact) mass is 454 g/mol. The van der Waals surface area contributed by atoms with Crippen molar-refractivity contribution in [1.29, 1.82) is 0 Å². The molecular formula is C25H18N4O3S. The van der Waals surface area contributed by atoms with E-state index >= 15 is 0 Å². The number of benzene rings is 3. The normalized spacial score (nSPS) is 11.3. The number of nitro groups is 1. The van der Waals surface area contributed by atoms with Crippen LogP contribution in [0.4, 0.5) is 5.69 Å². The van der Waals surface area contributed by atoms with Crippen LogP contribution in [0.25, 0.3) is 39.3 Å². The lowest BCUT2D eigenvalue weighted by atomic mass is 10.1. The third-order valence-electron chi connectivity index (χ3n) is 5.13. The SMILES string of the molecule is COc1ccc(-c2nn(-c3ccccc3)cc2C=Cc2nc3cc([N+](=O)[O-])ccc3s2)cc1. The van der Waals surface area contributed by atoms with Gasteiger partial charge in [-0.1, -0.05) is 18.2 Å². The minimum absolute atomic E-state index is 0.0364. The van der Waals surface area contributed by atoms with E-state index in [0.717, 1.165) is 38.0 Å². The van der Waals surface area contributed by atoms with Crippen LogP contribution in [0.5, 0.6) is 5.75 Å². The molecule has 7 nitrogen and oxygen atoms in total. The molecule has 0 radical (unpaired) electrons. The molecule has 0 N–H and O–H groups in total. The summed E-state index contributed by atoms with van der Waals surface area (Å²) in [5.74, 6) is 0.780. The molecule has 0 bridgehead atoms. The lowest BCUT2D eigenvalue weighted by Crippen LogP contribution is -1.94. The number of aromatic nitrogens is 3. The highest BCUT2D eigenvalue weighted by molar-refractivity contribution is 7.19. The van der Waals surface area contributed by atoms with Crippen molar-refractivity contribution in [3.05, 3.63) is 99.7 Å². The fourth-order valence-electron chi connectivity index (χ4n) is 3.48. The molecule has 2 aromatic heterocycles. The summed E-state index contributed by atoms with van der Waals surface area (Å²) < 4.78 is 8.03. The third kappa shape index (κ3) is 4.24. The highest BCUT2D eigenvalue weighted by Gasteiger charge is 2.12. The van der Waals surface area contributed by atoms with Crippen molar-refractivity contribution in [3.8, 4) is 22.7 Å². The van der Waals surface area contributed by atoms with Gasteiger partial charge >= 0.3 is 0 Å². The van der Waals surface area contributed by atoms with E-state index in [2.05, 4.69) is 4.98 Å². The van der Waals surface area contributed by atoms with Gasteiger partial charge in [0.15, 0.2) is 0 Å². The van der Waals surface area contributed by atoms with Crippen LogP contribution >= 0.6 is 11.3 Å². The van der Waals surface area contributed by atoms with Crippen molar-refractivity contribution in [2.75, 3.05) is 7.11 Å². The standard InChI is InChI=1S/C25H18N4O3S/c1-32-21-11-7-17(8-12-21)25-18(16-28(27-25)19-5-3-2-4-6-19)9-14-24-26-22-15-20(29(30)31)10-13-23(22)33-24/h2-16H,1H3. The van der Waals surface area contributed by atoms with Crippen LogP contribution in [-0.2, 0) is 0 Å². The van der Waals surface area contributed by atoms with Crippen LogP contribution in [-0.4, -0.2) is 26.8 Å². The molecule has 0 fully saturated rings. The molecule has 0 amide bonds. The maximum Gasteiger partial charge on any atom is 0.271 e. The van der Waals surface area contributed by atoms with Crippen LogP contribution in [0.2, 0.25) is 0 Å². The van der Waals surface area contributed by atoms with Crippen LogP contribution in [0.1, 0.15) is 10.6 Å². The molecule has 8 heteroatoms. The zero-order valence-corrected chi connectivity index (χ0v) is 18.4. The molecule has 0 saturated carbocycles. The maximum atomic E-state index is 11.0. The predicted molar refractivity (Wildman–Crippen MR) is 131 cm³/mol. The first-order chi connectivity index (χ1) is 16.1. The summed E-state index contributed by atoms with van der Waals surface area (Å²) in [7, 11) is 1.64. The molecule has 2 heterocycles. The Morgan fingerprint density at radius 2 is 1.82 bits per heavy atom. The number of hydrogen-bond acceptors (Lipinski definition) is 6. The van der Waals surface area contributed by atoms with Crippen molar-refractivity contribution in [2.45, 2.75) is 0 Å². The molecule has 0 atom stereocenters. The second-order valence-electron chi connectivity index (χ2n) is 7.24. The number of fused-ring (bicyclic) bond motifs is 1. The topological polar surface area (TPSA) is 83.1 Å². The van der Waals surface area contributed by atoms with Gasteiger partial charge in [0.25, 0.3) is 5.69 Å². The minimum atomic E-state index is -0.409. The van der Waals surface area contributed by atoms with E-state index in [9.17, 15) is 10.1 Å². The fourth-order valence-corrected chi connectivity index (χ4v) is 4.33. The smallest absolute Gasteiger partial charge is 0.271 e. The zero-order valence-electron chi connectivity index (χ0n) is 17.6. The van der Waals surface area contributed by atoms with Crippen LogP contribution < -0.4 is 4.74 Å². The molecule has 0 unspecified atom stereocenters. The van der Waals surface area contributed by atoms with Crippen LogP contribution in [0.15, 0.2) is 79.0 Å². The summed E-state index contributed by atoms with van der Waals surface area (Å²) in [6.45, 7) is 0. The average molecular weight is 455 g/mol. The Labute approximate surface area is 193 Å². The van der Waals surface area contributed by atoms with Crippen molar-refractivity contribution in [2.24, 2.45) is 0 Å². The van der Waals surface area contributed by atoms with Gasteiger partial charge in [-0.2, -0.15) is 5.10 Å². The molecule has 162 valence electrons. The van der Waals surface area contributed by atoms with Gasteiger partial charge in [-0.3, -0.25) is 10.1 Å². The summed E-state index contributed by atoms with van der Waals surface area (Å²) >= 11 is 1.48. The Morgan fingerprint density at radius 3 is 2.55 bits per heavy atom. The molecule has 3 aromatic carbocycles. The molecule has 5 rings (SSSR count). The van der Waals surface area contributed by atoms with E-state index in [4.69, 9.17) is 9.84 Å². The third-order valence-corrected chi connectivity index (χ3v) is 6.13. The highest BCUT2D eigenvalue weighted by Crippen LogP contribution is 2.30. The summed E-state index contributed by atoms with van der Waals surface area (Å²) in [6, 6.07) is 22.4. The summed E-state index contributed by atoms with van der Waals surface area (Å²) in [6.07, 6.45) is 5.86. The summed E-state index contributed by atoms with van der Waals surface area (Å²) in [5, 5.41) is 16.6. The molecule has 5 aromatic rings. The Balaban J connectivity index is 1.54. The number of non-ortho nitro benzene ring substituents is 1. The van der Waals surface area contributed by atoms with Crippen molar-refractivity contribution >= 4 is 39.4 Å². The molecule has 0 aliphatic heterocycles. The molecule has 33 heavy (non-hydrogen) atoms. The number of thiazole rings is 1. The quantitative estimate of drug-likeness (QED) is 0.224. The Bertz CT molecular complexity index is 1470. The molecule has 0 saturated heterocycles. The first kappa shape index (κ1) is 20.6. The average Bonchev–Trinajstić information content (AvgIpc) is 3.47. The van der Waals surface area contributed by atoms with Gasteiger partial charge in [-0.25, -0.2) is 9.67 Å². The van der Waals surface area contributed by atoms with Crippen LogP contribution in [0, 0.1) is 10.1 Å². The predicted octanol–water partition coefficient (Wildman–Crippen LogP) is 6.24. The van der Waals surface area contributed by atoms with Crippen molar-refractivity contribution in [3.63, 3.8) is 0 Å². The van der Waals surface area contributed by atoms with Gasteiger partial charge < -0.3 is 4.74 Å². The van der Waals surface area contributed by atoms with Gasteiger partial charge in [0.1, 0.15) is 10.8 Å². The van der Waals surface area contributed by atoms with E-state index < -0.39 is 4.92 Å². The van der Waals surface area contributed by atoms with E-state index in [-0.39, 0.29) is 5.69 Å². The number of rotatable bonds is 6. The second kappa shape index (κ2) is 8.68. The number of nitro benzene ring substituents is 1. The largest absolute Gasteiger partial charge is 0.497 e. The van der Waals surface area contributed by atoms with Gasteiger partial charge in [-0.05, 0) is 54.6 Å². The maximum absolute atomic E-state index is 11.0. The first-order valence-corrected chi connectivity index (χ1v) is 10.9. The van der Waals surface area contributed by atoms with Crippen molar-refractivity contribution < 1.29 is 9.66 Å². The summed E-state index contributed by atoms with van der Waals surface area (Å²) in [5.41, 5.74) is 4.33. The molecule has 0 aliphatic carbocycles.